The summed E-state index contributed by atoms with van der Waals surface area (Å²) < 4.78 is 0. The minimum Gasteiger partial charge on any atom is -0.394 e. The Kier molecular flexibility index (Phi) is 2.36. The fraction of sp³-hybridized carbons (Fsp3) is 1.00. The van der Waals surface area contributed by atoms with Crippen molar-refractivity contribution in [3.8, 4) is 0 Å². The second-order valence-corrected chi connectivity index (χ2v) is 5.13. The average molecular weight is 187 g/mol. The van der Waals surface area contributed by atoms with E-state index >= 15 is 0 Å². The highest BCUT2D eigenvalue weighted by molar-refractivity contribution is 7.99. The van der Waals surface area contributed by atoms with Crippen LogP contribution < -0.4 is 0 Å². The molecule has 0 radical (unpaired) electrons. The Morgan fingerprint density at radius 1 is 1.67 bits per heavy atom. The van der Waals surface area contributed by atoms with Gasteiger partial charge in [0.2, 0.25) is 0 Å². The number of aliphatic hydroxyl groups excluding tert-OH is 1. The molecule has 0 saturated carbocycles. The lowest BCUT2D eigenvalue weighted by molar-refractivity contribution is 0.0999. The van der Waals surface area contributed by atoms with Crippen LogP contribution in [0.4, 0.5) is 0 Å². The Hall–Kier alpha value is 0.270. The molecule has 2 rings (SSSR count). The highest BCUT2D eigenvalue weighted by Crippen LogP contribution is 2.41. The maximum Gasteiger partial charge on any atom is 0.0615 e. The van der Waals surface area contributed by atoms with Gasteiger partial charge in [0.1, 0.15) is 0 Å². The molecule has 0 spiro atoms. The molecule has 2 fully saturated rings. The summed E-state index contributed by atoms with van der Waals surface area (Å²) >= 11 is 1.95. The van der Waals surface area contributed by atoms with Crippen LogP contribution in [0.15, 0.2) is 0 Å². The Morgan fingerprint density at radius 2 is 2.50 bits per heavy atom. The lowest BCUT2D eigenvalue weighted by Crippen LogP contribution is -2.41. The SMILES string of the molecule is CS[C@H]1CN2CCC[C@]2(CO)C1. The van der Waals surface area contributed by atoms with Gasteiger partial charge < -0.3 is 5.11 Å². The van der Waals surface area contributed by atoms with Crippen molar-refractivity contribution in [1.82, 2.24) is 4.90 Å². The van der Waals surface area contributed by atoms with Crippen molar-refractivity contribution < 1.29 is 5.11 Å². The van der Waals surface area contributed by atoms with Gasteiger partial charge >= 0.3 is 0 Å². The second kappa shape index (κ2) is 3.20. The van der Waals surface area contributed by atoms with Crippen molar-refractivity contribution in [3.63, 3.8) is 0 Å². The van der Waals surface area contributed by atoms with Gasteiger partial charge in [-0.05, 0) is 32.1 Å². The van der Waals surface area contributed by atoms with Crippen LogP contribution in [0, 0.1) is 0 Å². The third kappa shape index (κ3) is 1.19. The first kappa shape index (κ1) is 8.85. The summed E-state index contributed by atoms with van der Waals surface area (Å²) in [6.07, 6.45) is 5.87. The molecule has 0 amide bonds. The van der Waals surface area contributed by atoms with E-state index in [0.717, 1.165) is 5.25 Å². The molecule has 2 heterocycles. The molecule has 2 aliphatic rings. The van der Waals surface area contributed by atoms with Gasteiger partial charge in [-0.3, -0.25) is 4.90 Å². The van der Waals surface area contributed by atoms with Gasteiger partial charge in [0.25, 0.3) is 0 Å². The highest BCUT2D eigenvalue weighted by Gasteiger charge is 2.47. The first-order valence-electron chi connectivity index (χ1n) is 4.69. The van der Waals surface area contributed by atoms with Crippen molar-refractivity contribution in [1.29, 1.82) is 0 Å². The van der Waals surface area contributed by atoms with E-state index in [1.54, 1.807) is 0 Å². The predicted molar refractivity (Wildman–Crippen MR) is 52.5 cm³/mol. The molecule has 0 aromatic heterocycles. The highest BCUT2D eigenvalue weighted by atomic mass is 32.2. The number of fused-ring (bicyclic) bond motifs is 1. The van der Waals surface area contributed by atoms with Gasteiger partial charge in [-0.15, -0.1) is 0 Å². The molecule has 2 aliphatic heterocycles. The minimum absolute atomic E-state index is 0.188. The molecular weight excluding hydrogens is 170 g/mol. The number of aliphatic hydroxyl groups is 1. The fourth-order valence-corrected chi connectivity index (χ4v) is 3.45. The van der Waals surface area contributed by atoms with Crippen LogP contribution in [0.2, 0.25) is 0 Å². The van der Waals surface area contributed by atoms with Crippen molar-refractivity contribution in [3.05, 3.63) is 0 Å². The molecular formula is C9H17NOS. The van der Waals surface area contributed by atoms with Gasteiger partial charge in [0.05, 0.1) is 6.61 Å². The molecule has 0 aromatic carbocycles. The van der Waals surface area contributed by atoms with Gasteiger partial charge in [-0.2, -0.15) is 11.8 Å². The third-order valence-corrected chi connectivity index (χ3v) is 4.38. The fourth-order valence-electron chi connectivity index (χ4n) is 2.65. The van der Waals surface area contributed by atoms with Crippen LogP contribution in [0.3, 0.4) is 0 Å². The monoisotopic (exact) mass is 187 g/mol. The lowest BCUT2D eigenvalue weighted by Gasteiger charge is -2.29. The summed E-state index contributed by atoms with van der Waals surface area (Å²) in [5, 5.41) is 10.2. The summed E-state index contributed by atoms with van der Waals surface area (Å²) in [4.78, 5) is 2.49. The summed E-state index contributed by atoms with van der Waals surface area (Å²) in [5.74, 6) is 0. The van der Waals surface area contributed by atoms with E-state index in [0.29, 0.717) is 6.61 Å². The summed E-state index contributed by atoms with van der Waals surface area (Å²) in [6.45, 7) is 2.77. The molecule has 0 unspecified atom stereocenters. The minimum atomic E-state index is 0.188. The van der Waals surface area contributed by atoms with Crippen LogP contribution >= 0.6 is 11.8 Å². The maximum absolute atomic E-state index is 9.39. The molecule has 1 N–H and O–H groups in total. The summed E-state index contributed by atoms with van der Waals surface area (Å²) in [6, 6.07) is 0. The standard InChI is InChI=1S/C9H17NOS/c1-12-8-5-9(7-11)3-2-4-10(9)6-8/h8,11H,2-7H2,1H3/t8-,9-/m1/s1. The number of hydrogen-bond acceptors (Lipinski definition) is 3. The topological polar surface area (TPSA) is 23.5 Å². The van der Waals surface area contributed by atoms with E-state index < -0.39 is 0 Å². The number of hydrogen-bond donors (Lipinski definition) is 1. The Labute approximate surface area is 78.3 Å². The molecule has 70 valence electrons. The molecule has 2 atom stereocenters. The Bertz CT molecular complexity index is 176. The first-order chi connectivity index (χ1) is 5.80. The third-order valence-electron chi connectivity index (χ3n) is 3.40. The quantitative estimate of drug-likeness (QED) is 0.696. The molecule has 3 heteroatoms. The van der Waals surface area contributed by atoms with Crippen LogP contribution in [0.5, 0.6) is 0 Å². The van der Waals surface area contributed by atoms with E-state index in [1.165, 1.54) is 32.4 Å². The first-order valence-corrected chi connectivity index (χ1v) is 5.98. The van der Waals surface area contributed by atoms with E-state index in [2.05, 4.69) is 11.2 Å². The molecule has 2 nitrogen and oxygen atoms in total. The second-order valence-electron chi connectivity index (χ2n) is 3.99. The molecule has 2 saturated heterocycles. The number of rotatable bonds is 2. The molecule has 0 bridgehead atoms. The van der Waals surface area contributed by atoms with Gasteiger partial charge in [-0.1, -0.05) is 0 Å². The van der Waals surface area contributed by atoms with Crippen molar-refractivity contribution >= 4 is 11.8 Å². The molecule has 0 aliphatic carbocycles. The van der Waals surface area contributed by atoms with Crippen molar-refractivity contribution in [2.45, 2.75) is 30.1 Å². The smallest absolute Gasteiger partial charge is 0.0615 e. The zero-order chi connectivity index (χ0) is 8.60. The predicted octanol–water partition coefficient (Wildman–Crippen LogP) is 0.949. The lowest BCUT2D eigenvalue weighted by atomic mass is 9.95. The largest absolute Gasteiger partial charge is 0.394 e. The van der Waals surface area contributed by atoms with E-state index in [4.69, 9.17) is 0 Å². The van der Waals surface area contributed by atoms with Crippen LogP contribution in [-0.2, 0) is 0 Å². The van der Waals surface area contributed by atoms with E-state index in [9.17, 15) is 5.11 Å². The average Bonchev–Trinajstić information content (AvgIpc) is 2.58. The van der Waals surface area contributed by atoms with Crippen LogP contribution in [0.25, 0.3) is 0 Å². The van der Waals surface area contributed by atoms with Crippen molar-refractivity contribution in [2.75, 3.05) is 26.0 Å². The Morgan fingerprint density at radius 3 is 3.08 bits per heavy atom. The van der Waals surface area contributed by atoms with E-state index in [1.807, 2.05) is 11.8 Å². The van der Waals surface area contributed by atoms with Gasteiger partial charge in [0.15, 0.2) is 0 Å². The number of nitrogens with zero attached hydrogens (tertiary/aromatic N) is 1. The summed E-state index contributed by atoms with van der Waals surface area (Å²) in [5.41, 5.74) is 0.188. The molecule has 12 heavy (non-hydrogen) atoms. The van der Waals surface area contributed by atoms with Crippen LogP contribution in [-0.4, -0.2) is 46.7 Å². The normalized spacial score (nSPS) is 42.0. The van der Waals surface area contributed by atoms with Crippen molar-refractivity contribution in [2.24, 2.45) is 0 Å². The molecule has 0 aromatic rings. The zero-order valence-corrected chi connectivity index (χ0v) is 8.44. The number of thioether (sulfide) groups is 1. The van der Waals surface area contributed by atoms with Gasteiger partial charge in [-0.25, -0.2) is 0 Å². The zero-order valence-electron chi connectivity index (χ0n) is 7.62. The van der Waals surface area contributed by atoms with Gasteiger partial charge in [0, 0.05) is 17.3 Å². The van der Waals surface area contributed by atoms with Crippen LogP contribution in [0.1, 0.15) is 19.3 Å². The Balaban J connectivity index is 2.09. The van der Waals surface area contributed by atoms with E-state index in [-0.39, 0.29) is 5.54 Å². The maximum atomic E-state index is 9.39. The summed E-state index contributed by atoms with van der Waals surface area (Å²) in [7, 11) is 0.